The van der Waals surface area contributed by atoms with Gasteiger partial charge in [-0.2, -0.15) is 0 Å². The van der Waals surface area contributed by atoms with Gasteiger partial charge in [-0.25, -0.2) is 4.79 Å². The van der Waals surface area contributed by atoms with Crippen molar-refractivity contribution < 1.29 is 14.6 Å². The number of aromatic hydroxyl groups is 1. The lowest BCUT2D eigenvalue weighted by molar-refractivity contribution is 0.0505. The number of hydrogen-bond donors (Lipinski definition) is 3. The highest BCUT2D eigenvalue weighted by Gasteiger charge is 2.21. The lowest BCUT2D eigenvalue weighted by Gasteiger charge is -2.23. The van der Waals surface area contributed by atoms with Crippen LogP contribution in [-0.2, 0) is 4.74 Å². The molecule has 1 amide bonds. The Kier molecular flexibility index (Phi) is 4.78. The van der Waals surface area contributed by atoms with Crippen molar-refractivity contribution in [3.63, 3.8) is 0 Å². The minimum atomic E-state index is -0.572. The minimum Gasteiger partial charge on any atom is -0.508 e. The molecular formula is C14H22N2O3. The van der Waals surface area contributed by atoms with Crippen LogP contribution in [0.25, 0.3) is 0 Å². The molecule has 1 unspecified atom stereocenters. The van der Waals surface area contributed by atoms with Gasteiger partial charge in [0.05, 0.1) is 6.04 Å². The summed E-state index contributed by atoms with van der Waals surface area (Å²) in [5, 5.41) is 12.5. The number of rotatable bonds is 3. The zero-order chi connectivity index (χ0) is 14.6. The van der Waals surface area contributed by atoms with E-state index in [0.29, 0.717) is 5.56 Å². The van der Waals surface area contributed by atoms with E-state index in [1.165, 1.54) is 0 Å². The van der Waals surface area contributed by atoms with Crippen molar-refractivity contribution in [2.45, 2.75) is 39.3 Å². The Balaban J connectivity index is 2.84. The van der Waals surface area contributed by atoms with E-state index in [-0.39, 0.29) is 12.3 Å². The summed E-state index contributed by atoms with van der Waals surface area (Å²) in [6.07, 6.45) is -0.552. The maximum Gasteiger partial charge on any atom is 0.408 e. The van der Waals surface area contributed by atoms with Crippen LogP contribution in [0.4, 0.5) is 4.79 Å². The van der Waals surface area contributed by atoms with Gasteiger partial charge in [-0.3, -0.25) is 0 Å². The number of phenolic OH excluding ortho intramolecular Hbond substituents is 1. The summed E-state index contributed by atoms with van der Waals surface area (Å²) in [5.41, 5.74) is 6.66. The van der Waals surface area contributed by atoms with Crippen LogP contribution in [0.1, 0.15) is 37.9 Å². The molecule has 0 bridgehead atoms. The minimum absolute atomic E-state index is 0.108. The number of carbonyl (C=O) groups excluding carboxylic acids is 1. The molecule has 0 saturated carbocycles. The lowest BCUT2D eigenvalue weighted by Crippen LogP contribution is -2.37. The number of aryl methyl sites for hydroxylation is 1. The molecule has 5 nitrogen and oxygen atoms in total. The Morgan fingerprint density at radius 3 is 2.63 bits per heavy atom. The molecule has 0 aliphatic carbocycles. The fraction of sp³-hybridized carbons (Fsp3) is 0.500. The van der Waals surface area contributed by atoms with Crippen LogP contribution < -0.4 is 11.1 Å². The van der Waals surface area contributed by atoms with Gasteiger partial charge in [-0.05, 0) is 33.8 Å². The zero-order valence-corrected chi connectivity index (χ0v) is 11.9. The summed E-state index contributed by atoms with van der Waals surface area (Å²) in [5.74, 6) is 0.108. The molecule has 106 valence electrons. The first-order valence-electron chi connectivity index (χ1n) is 6.22. The van der Waals surface area contributed by atoms with E-state index in [1.807, 2.05) is 6.92 Å². The van der Waals surface area contributed by atoms with Crippen LogP contribution in [0.3, 0.4) is 0 Å². The summed E-state index contributed by atoms with van der Waals surface area (Å²) in [6.45, 7) is 7.44. The van der Waals surface area contributed by atoms with Gasteiger partial charge >= 0.3 is 6.09 Å². The van der Waals surface area contributed by atoms with Crippen molar-refractivity contribution in [3.8, 4) is 5.75 Å². The van der Waals surface area contributed by atoms with Crippen molar-refractivity contribution in [3.05, 3.63) is 29.3 Å². The molecule has 0 saturated heterocycles. The number of nitrogens with one attached hydrogen (secondary N) is 1. The summed E-state index contributed by atoms with van der Waals surface area (Å²) >= 11 is 0. The largest absolute Gasteiger partial charge is 0.508 e. The second-order valence-electron chi connectivity index (χ2n) is 5.50. The van der Waals surface area contributed by atoms with Gasteiger partial charge in [0.1, 0.15) is 11.4 Å². The highest BCUT2D eigenvalue weighted by Crippen LogP contribution is 2.25. The van der Waals surface area contributed by atoms with Crippen LogP contribution >= 0.6 is 0 Å². The second kappa shape index (κ2) is 5.93. The third-order valence-electron chi connectivity index (χ3n) is 2.49. The van der Waals surface area contributed by atoms with Crippen molar-refractivity contribution in [1.82, 2.24) is 5.32 Å². The van der Waals surface area contributed by atoms with E-state index in [0.717, 1.165) is 5.56 Å². The van der Waals surface area contributed by atoms with Gasteiger partial charge in [-0.15, -0.1) is 0 Å². The summed E-state index contributed by atoms with van der Waals surface area (Å²) in [4.78, 5) is 11.7. The van der Waals surface area contributed by atoms with Crippen LogP contribution in [0.5, 0.6) is 5.75 Å². The predicted octanol–water partition coefficient (Wildman–Crippen LogP) is 2.23. The quantitative estimate of drug-likeness (QED) is 0.783. The Morgan fingerprint density at radius 1 is 1.47 bits per heavy atom. The molecular weight excluding hydrogens is 244 g/mol. The van der Waals surface area contributed by atoms with E-state index in [4.69, 9.17) is 10.5 Å². The molecule has 19 heavy (non-hydrogen) atoms. The molecule has 0 spiro atoms. The normalized spacial score (nSPS) is 12.9. The van der Waals surface area contributed by atoms with E-state index < -0.39 is 17.7 Å². The molecule has 0 aliphatic rings. The van der Waals surface area contributed by atoms with Gasteiger partial charge < -0.3 is 20.9 Å². The van der Waals surface area contributed by atoms with Crippen LogP contribution in [0.15, 0.2) is 18.2 Å². The topological polar surface area (TPSA) is 84.6 Å². The Morgan fingerprint density at radius 2 is 2.11 bits per heavy atom. The van der Waals surface area contributed by atoms with Crippen LogP contribution in [0.2, 0.25) is 0 Å². The Labute approximate surface area is 113 Å². The number of carbonyl (C=O) groups is 1. The molecule has 4 N–H and O–H groups in total. The number of benzene rings is 1. The Bertz CT molecular complexity index is 452. The van der Waals surface area contributed by atoms with E-state index in [1.54, 1.807) is 39.0 Å². The predicted molar refractivity (Wildman–Crippen MR) is 74.0 cm³/mol. The number of alkyl carbamates (subject to hydrolysis) is 1. The highest BCUT2D eigenvalue weighted by atomic mass is 16.6. The molecule has 0 aliphatic heterocycles. The molecule has 1 atom stereocenters. The van der Waals surface area contributed by atoms with Gasteiger partial charge in [0.25, 0.3) is 0 Å². The van der Waals surface area contributed by atoms with Gasteiger partial charge in [0.15, 0.2) is 0 Å². The molecule has 0 fully saturated rings. The van der Waals surface area contributed by atoms with E-state index in [9.17, 15) is 9.90 Å². The smallest absolute Gasteiger partial charge is 0.408 e. The fourth-order valence-electron chi connectivity index (χ4n) is 1.67. The van der Waals surface area contributed by atoms with Gasteiger partial charge in [0.2, 0.25) is 0 Å². The number of nitrogens with two attached hydrogens (primary N) is 1. The van der Waals surface area contributed by atoms with Crippen molar-refractivity contribution in [2.75, 3.05) is 6.54 Å². The van der Waals surface area contributed by atoms with Crippen molar-refractivity contribution >= 4 is 6.09 Å². The SMILES string of the molecule is Cc1ccc(O)c(C(CN)NC(=O)OC(C)(C)C)c1. The second-order valence-corrected chi connectivity index (χ2v) is 5.50. The average molecular weight is 266 g/mol. The molecule has 0 heterocycles. The summed E-state index contributed by atoms with van der Waals surface area (Å²) in [6, 6.07) is 4.70. The standard InChI is InChI=1S/C14H22N2O3/c1-9-5-6-12(17)10(7-9)11(8-15)16-13(18)19-14(2,3)4/h5-7,11,17H,8,15H2,1-4H3,(H,16,18). The molecule has 1 rings (SSSR count). The van der Waals surface area contributed by atoms with Crippen molar-refractivity contribution in [1.29, 1.82) is 0 Å². The summed E-state index contributed by atoms with van der Waals surface area (Å²) in [7, 11) is 0. The first-order valence-corrected chi connectivity index (χ1v) is 6.22. The molecule has 5 heteroatoms. The summed E-state index contributed by atoms with van der Waals surface area (Å²) < 4.78 is 5.17. The first kappa shape index (κ1) is 15.3. The zero-order valence-electron chi connectivity index (χ0n) is 11.9. The lowest BCUT2D eigenvalue weighted by atomic mass is 10.0. The third kappa shape index (κ3) is 4.79. The fourth-order valence-corrected chi connectivity index (χ4v) is 1.67. The highest BCUT2D eigenvalue weighted by molar-refractivity contribution is 5.68. The molecule has 0 radical (unpaired) electrons. The van der Waals surface area contributed by atoms with Crippen LogP contribution in [0, 0.1) is 6.92 Å². The first-order chi connectivity index (χ1) is 8.73. The third-order valence-corrected chi connectivity index (χ3v) is 2.49. The number of phenols is 1. The van der Waals surface area contributed by atoms with E-state index >= 15 is 0 Å². The number of amides is 1. The maximum atomic E-state index is 11.7. The average Bonchev–Trinajstić information content (AvgIpc) is 2.27. The Hall–Kier alpha value is -1.75. The maximum absolute atomic E-state index is 11.7. The number of hydrogen-bond acceptors (Lipinski definition) is 4. The number of ether oxygens (including phenoxy) is 1. The monoisotopic (exact) mass is 266 g/mol. The van der Waals surface area contributed by atoms with Gasteiger partial charge in [0, 0.05) is 12.1 Å². The molecule has 1 aromatic carbocycles. The van der Waals surface area contributed by atoms with Crippen LogP contribution in [-0.4, -0.2) is 23.3 Å². The molecule has 0 aromatic heterocycles. The molecule has 1 aromatic rings. The van der Waals surface area contributed by atoms with E-state index in [2.05, 4.69) is 5.32 Å². The van der Waals surface area contributed by atoms with Crippen molar-refractivity contribution in [2.24, 2.45) is 5.73 Å². The van der Waals surface area contributed by atoms with Gasteiger partial charge in [-0.1, -0.05) is 17.7 Å².